The predicted octanol–water partition coefficient (Wildman–Crippen LogP) is 3.21. The summed E-state index contributed by atoms with van der Waals surface area (Å²) in [5.74, 6) is -1.54. The summed E-state index contributed by atoms with van der Waals surface area (Å²) in [7, 11) is 0. The lowest BCUT2D eigenvalue weighted by molar-refractivity contribution is -0.157. The van der Waals surface area contributed by atoms with Gasteiger partial charge in [-0.05, 0) is 55.9 Å². The Balaban J connectivity index is 1.64. The van der Waals surface area contributed by atoms with Crippen molar-refractivity contribution in [1.82, 2.24) is 20.7 Å². The molecule has 216 valence electrons. The number of carbonyl (C=O) groups is 4. The van der Waals surface area contributed by atoms with E-state index in [2.05, 4.69) is 15.7 Å². The second-order valence-corrected chi connectivity index (χ2v) is 10.9. The summed E-state index contributed by atoms with van der Waals surface area (Å²) in [5, 5.41) is 4.20. The molecule has 0 spiro atoms. The highest BCUT2D eigenvalue weighted by molar-refractivity contribution is 5.87. The van der Waals surface area contributed by atoms with Gasteiger partial charge in [-0.3, -0.25) is 29.2 Å². The van der Waals surface area contributed by atoms with Crippen molar-refractivity contribution < 1.29 is 23.9 Å². The zero-order valence-electron chi connectivity index (χ0n) is 24.0. The Bertz CT molecular complexity index is 1200. The highest BCUT2D eigenvalue weighted by atomic mass is 16.5. The zero-order valence-corrected chi connectivity index (χ0v) is 24.0. The number of carbonyl (C=O) groups excluding carboxylic acids is 4. The van der Waals surface area contributed by atoms with Gasteiger partial charge in [0.1, 0.15) is 18.2 Å². The highest BCUT2D eigenvalue weighted by Crippen LogP contribution is 2.26. The van der Waals surface area contributed by atoms with Crippen LogP contribution >= 0.6 is 0 Å². The Kier molecular flexibility index (Phi) is 10.8. The molecule has 1 aromatic heterocycles. The lowest BCUT2D eigenvalue weighted by Gasteiger charge is -2.34. The predicted molar refractivity (Wildman–Crippen MR) is 153 cm³/mol. The van der Waals surface area contributed by atoms with Gasteiger partial charge in [0.2, 0.25) is 17.7 Å². The van der Waals surface area contributed by atoms with Gasteiger partial charge in [0.25, 0.3) is 0 Å². The van der Waals surface area contributed by atoms with Gasteiger partial charge in [0.15, 0.2) is 0 Å². The van der Waals surface area contributed by atoms with Gasteiger partial charge in [0, 0.05) is 36.2 Å². The van der Waals surface area contributed by atoms with E-state index in [4.69, 9.17) is 10.5 Å². The molecule has 1 fully saturated rings. The van der Waals surface area contributed by atoms with Gasteiger partial charge in [-0.1, -0.05) is 45.9 Å². The number of hydrazine groups is 1. The Morgan fingerprint density at radius 1 is 1.23 bits per heavy atom. The Labute approximate surface area is 236 Å². The van der Waals surface area contributed by atoms with E-state index in [1.54, 1.807) is 19.2 Å². The first-order chi connectivity index (χ1) is 19.0. The van der Waals surface area contributed by atoms with Crippen LogP contribution in [0.3, 0.4) is 0 Å². The van der Waals surface area contributed by atoms with E-state index in [1.165, 1.54) is 5.01 Å². The number of primary amides is 1. The number of pyridine rings is 1. The molecule has 2 aliphatic rings. The first-order valence-corrected chi connectivity index (χ1v) is 13.9. The number of nitrogens with two attached hydrogens (primary N) is 1. The van der Waals surface area contributed by atoms with Crippen LogP contribution in [0.2, 0.25) is 0 Å². The third kappa shape index (κ3) is 8.35. The van der Waals surface area contributed by atoms with Crippen LogP contribution < -0.4 is 16.5 Å². The molecule has 4 N–H and O–H groups in total. The molecular formula is C30H41N5O5. The lowest BCUT2D eigenvalue weighted by Crippen LogP contribution is -2.56. The van der Waals surface area contributed by atoms with E-state index < -0.39 is 30.1 Å². The normalized spacial score (nSPS) is 18.6. The van der Waals surface area contributed by atoms with E-state index in [0.717, 1.165) is 28.8 Å². The summed E-state index contributed by atoms with van der Waals surface area (Å²) in [6.45, 7) is 9.68. The molecule has 0 bridgehead atoms. The summed E-state index contributed by atoms with van der Waals surface area (Å²) in [5.41, 5.74) is 11.8. The standard InChI is InChI=1S/C30H41N5O5/c1-18(2)27(28(31)37)33-26(36)13-7-10-21-9-6-11-24-22(15-21)16-23(17-32-24)20(5)40-30(39)25-12-8-14-35(34-25)29(38)19(3)4/h6-7,10-11,15-20,25,27,34H,8-9,12-14H2,1-5H3,(H2,31,37)(H,33,36)/b10-7+/t20-,25+,27+/m1/s1. The van der Waals surface area contributed by atoms with Gasteiger partial charge < -0.3 is 15.8 Å². The maximum atomic E-state index is 12.9. The molecule has 0 saturated carbocycles. The average molecular weight is 552 g/mol. The summed E-state index contributed by atoms with van der Waals surface area (Å²) >= 11 is 0. The number of hydrogen-bond acceptors (Lipinski definition) is 7. The van der Waals surface area contributed by atoms with Crippen molar-refractivity contribution in [2.24, 2.45) is 17.6 Å². The number of hydrogen-bond donors (Lipinski definition) is 3. The lowest BCUT2D eigenvalue weighted by atomic mass is 10.0. The molecule has 0 aromatic carbocycles. The van der Waals surface area contributed by atoms with E-state index in [9.17, 15) is 19.2 Å². The fourth-order valence-corrected chi connectivity index (χ4v) is 4.54. The van der Waals surface area contributed by atoms with Crippen LogP contribution in [0.15, 0.2) is 36.1 Å². The topological polar surface area (TPSA) is 144 Å². The first-order valence-electron chi connectivity index (χ1n) is 13.9. The quantitative estimate of drug-likeness (QED) is 0.379. The number of amides is 3. The molecule has 10 nitrogen and oxygen atoms in total. The average Bonchev–Trinajstić information content (AvgIpc) is 3.12. The molecule has 1 aliphatic heterocycles. The second-order valence-electron chi connectivity index (χ2n) is 10.9. The van der Waals surface area contributed by atoms with Crippen molar-refractivity contribution in [2.45, 2.75) is 78.5 Å². The van der Waals surface area contributed by atoms with Crippen LogP contribution in [0.4, 0.5) is 0 Å². The van der Waals surface area contributed by atoms with Crippen molar-refractivity contribution in [1.29, 1.82) is 0 Å². The number of aromatic nitrogens is 1. The summed E-state index contributed by atoms with van der Waals surface area (Å²) in [4.78, 5) is 53.6. The van der Waals surface area contributed by atoms with E-state index in [0.29, 0.717) is 19.4 Å². The number of nitrogens with zero attached hydrogens (tertiary/aromatic N) is 2. The van der Waals surface area contributed by atoms with Gasteiger partial charge in [-0.25, -0.2) is 5.43 Å². The minimum Gasteiger partial charge on any atom is -0.457 e. The van der Waals surface area contributed by atoms with Crippen LogP contribution in [0.5, 0.6) is 0 Å². The van der Waals surface area contributed by atoms with Crippen molar-refractivity contribution >= 4 is 35.8 Å². The molecule has 0 radical (unpaired) electrons. The Hall–Kier alpha value is -3.79. The largest absolute Gasteiger partial charge is 0.457 e. The van der Waals surface area contributed by atoms with E-state index in [-0.39, 0.29) is 30.1 Å². The third-order valence-corrected chi connectivity index (χ3v) is 6.86. The van der Waals surface area contributed by atoms with E-state index >= 15 is 0 Å². The molecule has 0 unspecified atom stereocenters. The van der Waals surface area contributed by atoms with Crippen LogP contribution in [0.1, 0.15) is 83.2 Å². The number of fused-ring (bicyclic) bond motifs is 1. The van der Waals surface area contributed by atoms with Crippen molar-refractivity contribution in [2.75, 3.05) is 6.54 Å². The van der Waals surface area contributed by atoms with Gasteiger partial charge >= 0.3 is 5.97 Å². The van der Waals surface area contributed by atoms with Gasteiger partial charge in [-0.15, -0.1) is 0 Å². The molecule has 3 atom stereocenters. The molecule has 3 amide bonds. The SMILES string of the molecule is CC(C)C(=O)N1CCC[C@@H](C(=O)O[C@H](C)c2cnc3c(c2)C=C(/C=C/CC(=O)N[C@H](C(N)=O)C(C)C)CC=C3)N1. The Morgan fingerprint density at radius 3 is 2.65 bits per heavy atom. The fraction of sp³-hybridized carbons (Fsp3) is 0.500. The van der Waals surface area contributed by atoms with E-state index in [1.807, 2.05) is 58.1 Å². The highest BCUT2D eigenvalue weighted by Gasteiger charge is 2.31. The maximum absolute atomic E-state index is 12.9. The second kappa shape index (κ2) is 14.0. The zero-order chi connectivity index (χ0) is 29.4. The minimum atomic E-state index is -0.705. The number of nitrogens with one attached hydrogen (secondary N) is 2. The molecule has 3 rings (SSSR count). The van der Waals surface area contributed by atoms with Crippen LogP contribution in [-0.4, -0.2) is 52.3 Å². The minimum absolute atomic E-state index is 0.0451. The first kappa shape index (κ1) is 30.7. The monoisotopic (exact) mass is 551 g/mol. The van der Waals surface area contributed by atoms with Crippen LogP contribution in [0.25, 0.3) is 12.2 Å². The maximum Gasteiger partial charge on any atom is 0.325 e. The number of rotatable bonds is 10. The summed E-state index contributed by atoms with van der Waals surface area (Å²) in [6, 6.07) is 0.659. The van der Waals surface area contributed by atoms with Crippen LogP contribution in [-0.2, 0) is 23.9 Å². The van der Waals surface area contributed by atoms with Crippen molar-refractivity contribution in [3.05, 3.63) is 52.9 Å². The molecule has 1 saturated heterocycles. The number of ether oxygens (including phenoxy) is 1. The van der Waals surface area contributed by atoms with Crippen molar-refractivity contribution in [3.8, 4) is 0 Å². The third-order valence-electron chi connectivity index (χ3n) is 6.86. The number of esters is 1. The molecule has 1 aliphatic carbocycles. The van der Waals surface area contributed by atoms with Crippen LogP contribution in [0, 0.1) is 11.8 Å². The summed E-state index contributed by atoms with van der Waals surface area (Å²) in [6.07, 6.45) is 12.8. The molecular weight excluding hydrogens is 510 g/mol. The fourth-order valence-electron chi connectivity index (χ4n) is 4.54. The molecule has 2 heterocycles. The molecule has 10 heteroatoms. The Morgan fingerprint density at radius 2 is 1.98 bits per heavy atom. The summed E-state index contributed by atoms with van der Waals surface area (Å²) < 4.78 is 5.76. The molecule has 40 heavy (non-hydrogen) atoms. The van der Waals surface area contributed by atoms with Crippen molar-refractivity contribution in [3.63, 3.8) is 0 Å². The van der Waals surface area contributed by atoms with Gasteiger partial charge in [0.05, 0.1) is 5.69 Å². The van der Waals surface area contributed by atoms with Gasteiger partial charge in [-0.2, -0.15) is 0 Å². The molecule has 1 aromatic rings. The number of allylic oxidation sites excluding steroid dienone is 3. The smallest absolute Gasteiger partial charge is 0.325 e.